The third kappa shape index (κ3) is 3.99. The van der Waals surface area contributed by atoms with Crippen molar-refractivity contribution in [2.75, 3.05) is 0 Å². The molecule has 1 aliphatic carbocycles. The minimum atomic E-state index is 0.476. The zero-order valence-corrected chi connectivity index (χ0v) is 15.0. The minimum Gasteiger partial charge on any atom is -0.0625 e. The van der Waals surface area contributed by atoms with Gasteiger partial charge in [-0.2, -0.15) is 0 Å². The van der Waals surface area contributed by atoms with Gasteiger partial charge in [0, 0.05) is 0 Å². The van der Waals surface area contributed by atoms with Crippen LogP contribution in [0.4, 0.5) is 0 Å². The highest BCUT2D eigenvalue weighted by molar-refractivity contribution is 4.91. The summed E-state index contributed by atoms with van der Waals surface area (Å²) in [5.74, 6) is 6.18. The number of hydrogen-bond acceptors (Lipinski definition) is 0. The van der Waals surface area contributed by atoms with Crippen LogP contribution in [0.2, 0.25) is 0 Å². The maximum absolute atomic E-state index is 2.52. The van der Waals surface area contributed by atoms with Crippen LogP contribution in [-0.2, 0) is 0 Å². The van der Waals surface area contributed by atoms with Crippen LogP contribution in [0.5, 0.6) is 0 Å². The molecule has 0 aromatic carbocycles. The molecule has 0 amide bonds. The van der Waals surface area contributed by atoms with E-state index in [1.54, 1.807) is 0 Å². The van der Waals surface area contributed by atoms with Crippen LogP contribution >= 0.6 is 0 Å². The van der Waals surface area contributed by atoms with E-state index in [1.807, 2.05) is 0 Å². The van der Waals surface area contributed by atoms with E-state index in [0.29, 0.717) is 5.41 Å². The van der Waals surface area contributed by atoms with Crippen LogP contribution < -0.4 is 0 Å². The van der Waals surface area contributed by atoms with Crippen molar-refractivity contribution >= 4 is 0 Å². The molecule has 0 aliphatic heterocycles. The lowest BCUT2D eigenvalue weighted by atomic mass is 9.57. The van der Waals surface area contributed by atoms with Gasteiger partial charge in [0.15, 0.2) is 0 Å². The summed E-state index contributed by atoms with van der Waals surface area (Å²) < 4.78 is 0. The van der Waals surface area contributed by atoms with Gasteiger partial charge in [-0.15, -0.1) is 0 Å². The van der Waals surface area contributed by atoms with Gasteiger partial charge in [-0.3, -0.25) is 0 Å². The third-order valence-corrected chi connectivity index (χ3v) is 5.83. The van der Waals surface area contributed by atoms with E-state index in [4.69, 9.17) is 0 Å². The summed E-state index contributed by atoms with van der Waals surface area (Å²) >= 11 is 0. The van der Waals surface area contributed by atoms with Crippen LogP contribution in [0.1, 0.15) is 75.2 Å². The molecule has 0 aromatic rings. The lowest BCUT2D eigenvalue weighted by Crippen LogP contribution is -2.41. The lowest BCUT2D eigenvalue weighted by Gasteiger charge is -2.49. The van der Waals surface area contributed by atoms with E-state index in [1.165, 1.54) is 12.8 Å². The number of rotatable bonds is 3. The average molecular weight is 267 g/mol. The van der Waals surface area contributed by atoms with Crippen LogP contribution in [0, 0.1) is 46.8 Å². The molecule has 1 rings (SSSR count). The summed E-state index contributed by atoms with van der Waals surface area (Å²) in [7, 11) is 0. The highest BCUT2D eigenvalue weighted by atomic mass is 14.5. The Morgan fingerprint density at radius 1 is 0.789 bits per heavy atom. The van der Waals surface area contributed by atoms with Gasteiger partial charge in [0.1, 0.15) is 0 Å². The second-order valence-corrected chi connectivity index (χ2v) is 9.13. The molecule has 0 radical (unpaired) electrons. The molecule has 0 aromatic heterocycles. The van der Waals surface area contributed by atoms with E-state index in [9.17, 15) is 0 Å². The molecule has 0 bridgehead atoms. The highest BCUT2D eigenvalue weighted by Gasteiger charge is 2.42. The van der Waals surface area contributed by atoms with Gasteiger partial charge < -0.3 is 0 Å². The van der Waals surface area contributed by atoms with Crippen LogP contribution in [0.15, 0.2) is 0 Å². The largest absolute Gasteiger partial charge is 0.0625 e. The van der Waals surface area contributed by atoms with E-state index < -0.39 is 0 Å². The monoisotopic (exact) mass is 266 g/mol. The molecule has 4 atom stereocenters. The van der Waals surface area contributed by atoms with Crippen molar-refractivity contribution in [2.24, 2.45) is 46.8 Å². The summed E-state index contributed by atoms with van der Waals surface area (Å²) in [5, 5.41) is 0. The molecule has 1 aliphatic rings. The van der Waals surface area contributed by atoms with Crippen molar-refractivity contribution in [1.82, 2.24) is 0 Å². The zero-order chi connectivity index (χ0) is 15.0. The Hall–Kier alpha value is 0. The molecule has 0 saturated heterocycles. The quantitative estimate of drug-likeness (QED) is 0.565. The summed E-state index contributed by atoms with van der Waals surface area (Å²) in [4.78, 5) is 0. The van der Waals surface area contributed by atoms with Gasteiger partial charge in [0.05, 0.1) is 0 Å². The second-order valence-electron chi connectivity index (χ2n) is 9.13. The maximum Gasteiger partial charge on any atom is -0.0337 e. The number of hydrogen-bond donors (Lipinski definition) is 0. The van der Waals surface area contributed by atoms with E-state index in [-0.39, 0.29) is 0 Å². The predicted molar refractivity (Wildman–Crippen MR) is 87.2 cm³/mol. The van der Waals surface area contributed by atoms with Crippen molar-refractivity contribution in [1.29, 1.82) is 0 Å². The Morgan fingerprint density at radius 3 is 1.63 bits per heavy atom. The van der Waals surface area contributed by atoms with Gasteiger partial charge >= 0.3 is 0 Å². The smallest absolute Gasteiger partial charge is 0.0337 e. The van der Waals surface area contributed by atoms with E-state index >= 15 is 0 Å². The molecule has 0 nitrogen and oxygen atoms in total. The van der Waals surface area contributed by atoms with Crippen molar-refractivity contribution in [3.8, 4) is 0 Å². The first-order valence-electron chi connectivity index (χ1n) is 8.55. The van der Waals surface area contributed by atoms with Crippen LogP contribution in [0.3, 0.4) is 0 Å². The van der Waals surface area contributed by atoms with E-state index in [2.05, 4.69) is 62.3 Å². The average Bonchev–Trinajstić information content (AvgIpc) is 2.20. The zero-order valence-electron chi connectivity index (χ0n) is 15.0. The van der Waals surface area contributed by atoms with Gasteiger partial charge in [-0.05, 0) is 59.7 Å². The minimum absolute atomic E-state index is 0.476. The first kappa shape index (κ1) is 17.1. The standard InChI is InChI=1S/C19H38/c1-12(2)18(13(3)4)16-10-15(6)17(11-14(16)5)19(7,8)9/h12-18H,10-11H2,1-9H3/t14-,15-,16-,17+/m1/s1. The summed E-state index contributed by atoms with van der Waals surface area (Å²) in [6, 6.07) is 0. The van der Waals surface area contributed by atoms with Crippen molar-refractivity contribution in [2.45, 2.75) is 75.2 Å². The van der Waals surface area contributed by atoms with Crippen molar-refractivity contribution < 1.29 is 0 Å². The molecule has 0 N–H and O–H groups in total. The molecular weight excluding hydrogens is 228 g/mol. The lowest BCUT2D eigenvalue weighted by molar-refractivity contribution is 0.00601. The fraction of sp³-hybridized carbons (Fsp3) is 1.00. The molecule has 1 saturated carbocycles. The molecular formula is C19H38. The fourth-order valence-corrected chi connectivity index (χ4v) is 5.14. The van der Waals surface area contributed by atoms with Gasteiger partial charge in [-0.25, -0.2) is 0 Å². The Balaban J connectivity index is 2.86. The molecule has 1 fully saturated rings. The van der Waals surface area contributed by atoms with Gasteiger partial charge in [-0.1, -0.05) is 62.3 Å². The van der Waals surface area contributed by atoms with Gasteiger partial charge in [0.2, 0.25) is 0 Å². The normalized spacial score (nSPS) is 33.5. The first-order chi connectivity index (χ1) is 8.55. The molecule has 0 unspecified atom stereocenters. The van der Waals surface area contributed by atoms with Crippen molar-refractivity contribution in [3.63, 3.8) is 0 Å². The third-order valence-electron chi connectivity index (χ3n) is 5.83. The SMILES string of the molecule is CC(C)C(C(C)C)[C@@H]1C[C@@H](C)[C@@H](C(C)(C)C)C[C@H]1C. The topological polar surface area (TPSA) is 0 Å². The Labute approximate surface area is 122 Å². The Morgan fingerprint density at radius 2 is 1.26 bits per heavy atom. The molecule has 0 heterocycles. The Bertz CT molecular complexity index is 260. The summed E-state index contributed by atoms with van der Waals surface area (Å²) in [6.45, 7) is 22.0. The summed E-state index contributed by atoms with van der Waals surface area (Å²) in [6.07, 6.45) is 2.88. The molecule has 114 valence electrons. The van der Waals surface area contributed by atoms with Gasteiger partial charge in [0.25, 0.3) is 0 Å². The van der Waals surface area contributed by atoms with Crippen LogP contribution in [-0.4, -0.2) is 0 Å². The fourth-order valence-electron chi connectivity index (χ4n) is 5.14. The highest BCUT2D eigenvalue weighted by Crippen LogP contribution is 2.50. The maximum atomic E-state index is 2.52. The predicted octanol–water partition coefficient (Wildman–Crippen LogP) is 6.26. The van der Waals surface area contributed by atoms with Crippen LogP contribution in [0.25, 0.3) is 0 Å². The Kier molecular flexibility index (Phi) is 5.55. The second kappa shape index (κ2) is 6.19. The molecule has 0 spiro atoms. The summed E-state index contributed by atoms with van der Waals surface area (Å²) in [5.41, 5.74) is 0.476. The molecule has 0 heteroatoms. The molecule has 19 heavy (non-hydrogen) atoms. The first-order valence-corrected chi connectivity index (χ1v) is 8.55. The van der Waals surface area contributed by atoms with Crippen molar-refractivity contribution in [3.05, 3.63) is 0 Å². The van der Waals surface area contributed by atoms with E-state index in [0.717, 1.165) is 41.4 Å².